The summed E-state index contributed by atoms with van der Waals surface area (Å²) in [5.74, 6) is 0.139. The first-order valence-electron chi connectivity index (χ1n) is 7.31. The molecule has 2 rings (SSSR count). The smallest absolute Gasteiger partial charge is 0.237 e. The SMILES string of the molecule is Cc1cccc(C)c1NC(=O)C(C)SCc1ccc(Br)cc1F. The molecule has 0 saturated heterocycles. The van der Waals surface area contributed by atoms with Crippen LogP contribution in [0.25, 0.3) is 0 Å². The fraction of sp³-hybridized carbons (Fsp3) is 0.278. The van der Waals surface area contributed by atoms with Crippen molar-refractivity contribution in [2.75, 3.05) is 5.32 Å². The lowest BCUT2D eigenvalue weighted by molar-refractivity contribution is -0.115. The Morgan fingerprint density at radius 1 is 1.26 bits per heavy atom. The number of thioether (sulfide) groups is 1. The van der Waals surface area contributed by atoms with E-state index in [9.17, 15) is 9.18 Å². The average molecular weight is 396 g/mol. The highest BCUT2D eigenvalue weighted by atomic mass is 79.9. The number of carbonyl (C=O) groups excluding carboxylic acids is 1. The van der Waals surface area contributed by atoms with Crippen LogP contribution < -0.4 is 5.32 Å². The lowest BCUT2D eigenvalue weighted by Gasteiger charge is -2.15. The fourth-order valence-corrected chi connectivity index (χ4v) is 3.37. The van der Waals surface area contributed by atoms with E-state index in [4.69, 9.17) is 0 Å². The molecule has 1 atom stereocenters. The minimum Gasteiger partial charge on any atom is -0.325 e. The molecule has 23 heavy (non-hydrogen) atoms. The zero-order chi connectivity index (χ0) is 17.0. The summed E-state index contributed by atoms with van der Waals surface area (Å²) in [5.41, 5.74) is 3.54. The number of rotatable bonds is 5. The number of nitrogens with one attached hydrogen (secondary N) is 1. The van der Waals surface area contributed by atoms with Gasteiger partial charge in [-0.15, -0.1) is 11.8 Å². The van der Waals surface area contributed by atoms with E-state index >= 15 is 0 Å². The number of carbonyl (C=O) groups is 1. The number of hydrogen-bond donors (Lipinski definition) is 1. The van der Waals surface area contributed by atoms with Crippen molar-refractivity contribution in [3.63, 3.8) is 0 Å². The molecule has 0 saturated carbocycles. The van der Waals surface area contributed by atoms with Crippen LogP contribution >= 0.6 is 27.7 Å². The Morgan fingerprint density at radius 2 is 1.91 bits per heavy atom. The zero-order valence-corrected chi connectivity index (χ0v) is 15.7. The van der Waals surface area contributed by atoms with Crippen molar-refractivity contribution in [1.82, 2.24) is 0 Å². The van der Waals surface area contributed by atoms with Crippen LogP contribution in [0, 0.1) is 19.7 Å². The van der Waals surface area contributed by atoms with Crippen molar-refractivity contribution in [3.05, 3.63) is 63.4 Å². The Kier molecular flexibility index (Phi) is 6.25. The Bertz CT molecular complexity index is 700. The minimum atomic E-state index is -0.267. The van der Waals surface area contributed by atoms with E-state index in [-0.39, 0.29) is 17.0 Å². The number of amides is 1. The number of aryl methyl sites for hydroxylation is 2. The van der Waals surface area contributed by atoms with Crippen LogP contribution in [0.4, 0.5) is 10.1 Å². The summed E-state index contributed by atoms with van der Waals surface area (Å²) in [6.07, 6.45) is 0. The summed E-state index contributed by atoms with van der Waals surface area (Å²) in [7, 11) is 0. The molecule has 2 aromatic carbocycles. The van der Waals surface area contributed by atoms with Crippen molar-refractivity contribution in [1.29, 1.82) is 0 Å². The molecule has 0 bridgehead atoms. The molecule has 2 aromatic rings. The highest BCUT2D eigenvalue weighted by Crippen LogP contribution is 2.25. The molecule has 1 unspecified atom stereocenters. The summed E-state index contributed by atoms with van der Waals surface area (Å²) >= 11 is 4.66. The molecule has 2 nitrogen and oxygen atoms in total. The van der Waals surface area contributed by atoms with Gasteiger partial charge in [-0.1, -0.05) is 40.2 Å². The Morgan fingerprint density at radius 3 is 2.52 bits per heavy atom. The molecular weight excluding hydrogens is 377 g/mol. The first-order chi connectivity index (χ1) is 10.9. The molecule has 1 N–H and O–H groups in total. The molecular formula is C18H19BrFNOS. The highest BCUT2D eigenvalue weighted by Gasteiger charge is 2.16. The monoisotopic (exact) mass is 395 g/mol. The lowest BCUT2D eigenvalue weighted by Crippen LogP contribution is -2.23. The van der Waals surface area contributed by atoms with Crippen LogP contribution in [-0.2, 0) is 10.5 Å². The van der Waals surface area contributed by atoms with E-state index < -0.39 is 0 Å². The molecule has 122 valence electrons. The molecule has 5 heteroatoms. The quantitative estimate of drug-likeness (QED) is 0.727. The number of para-hydroxylation sites is 1. The van der Waals surface area contributed by atoms with Gasteiger partial charge in [0.25, 0.3) is 0 Å². The van der Waals surface area contributed by atoms with Crippen LogP contribution in [0.15, 0.2) is 40.9 Å². The van der Waals surface area contributed by atoms with Crippen molar-refractivity contribution in [2.45, 2.75) is 31.8 Å². The van der Waals surface area contributed by atoms with E-state index in [1.807, 2.05) is 39.0 Å². The molecule has 0 fully saturated rings. The van der Waals surface area contributed by atoms with Gasteiger partial charge in [0, 0.05) is 15.9 Å². The predicted octanol–water partition coefficient (Wildman–Crippen LogP) is 5.47. The number of hydrogen-bond acceptors (Lipinski definition) is 2. The predicted molar refractivity (Wildman–Crippen MR) is 99.4 cm³/mol. The molecule has 0 aromatic heterocycles. The van der Waals surface area contributed by atoms with E-state index in [1.165, 1.54) is 17.8 Å². The van der Waals surface area contributed by atoms with Gasteiger partial charge in [-0.3, -0.25) is 4.79 Å². The summed E-state index contributed by atoms with van der Waals surface area (Å²) in [4.78, 5) is 12.3. The van der Waals surface area contributed by atoms with Gasteiger partial charge >= 0.3 is 0 Å². The average Bonchev–Trinajstić information content (AvgIpc) is 2.49. The van der Waals surface area contributed by atoms with Gasteiger partial charge in [0.1, 0.15) is 5.82 Å². The topological polar surface area (TPSA) is 29.1 Å². The first-order valence-corrected chi connectivity index (χ1v) is 9.15. The maximum absolute atomic E-state index is 13.8. The first kappa shape index (κ1) is 18.0. The molecule has 0 heterocycles. The fourth-order valence-electron chi connectivity index (χ4n) is 2.17. The molecule has 0 spiro atoms. The van der Waals surface area contributed by atoms with Gasteiger partial charge < -0.3 is 5.32 Å². The van der Waals surface area contributed by atoms with E-state index in [0.717, 1.165) is 16.8 Å². The second-order valence-electron chi connectivity index (χ2n) is 5.45. The van der Waals surface area contributed by atoms with Gasteiger partial charge in [-0.05, 0) is 49.6 Å². The van der Waals surface area contributed by atoms with Gasteiger partial charge in [0.05, 0.1) is 5.25 Å². The third kappa shape index (κ3) is 4.82. The third-order valence-electron chi connectivity index (χ3n) is 3.60. The van der Waals surface area contributed by atoms with Gasteiger partial charge in [0.15, 0.2) is 0 Å². The van der Waals surface area contributed by atoms with Crippen molar-refractivity contribution in [2.24, 2.45) is 0 Å². The third-order valence-corrected chi connectivity index (χ3v) is 5.29. The van der Waals surface area contributed by atoms with E-state index in [0.29, 0.717) is 15.8 Å². The summed E-state index contributed by atoms with van der Waals surface area (Å²) < 4.78 is 14.5. The maximum Gasteiger partial charge on any atom is 0.237 e. The molecule has 0 aliphatic rings. The Balaban J connectivity index is 1.97. The largest absolute Gasteiger partial charge is 0.325 e. The second kappa shape index (κ2) is 7.97. The maximum atomic E-state index is 13.8. The zero-order valence-electron chi connectivity index (χ0n) is 13.3. The number of benzene rings is 2. The highest BCUT2D eigenvalue weighted by molar-refractivity contribution is 9.10. The number of anilines is 1. The van der Waals surface area contributed by atoms with Crippen LogP contribution in [0.5, 0.6) is 0 Å². The summed E-state index contributed by atoms with van der Waals surface area (Å²) in [6.45, 7) is 5.78. The second-order valence-corrected chi connectivity index (χ2v) is 7.69. The van der Waals surface area contributed by atoms with Crippen molar-refractivity contribution < 1.29 is 9.18 Å². The van der Waals surface area contributed by atoms with Crippen LogP contribution in [0.3, 0.4) is 0 Å². The normalized spacial score (nSPS) is 12.0. The molecule has 0 radical (unpaired) electrons. The van der Waals surface area contributed by atoms with Crippen molar-refractivity contribution >= 4 is 39.3 Å². The Labute approximate surface area is 149 Å². The molecule has 0 aliphatic carbocycles. The summed E-state index contributed by atoms with van der Waals surface area (Å²) in [5, 5.41) is 2.71. The molecule has 0 aliphatic heterocycles. The lowest BCUT2D eigenvalue weighted by atomic mass is 10.1. The number of halogens is 2. The van der Waals surface area contributed by atoms with Gasteiger partial charge in [-0.25, -0.2) is 4.39 Å². The van der Waals surface area contributed by atoms with Crippen LogP contribution in [0.2, 0.25) is 0 Å². The van der Waals surface area contributed by atoms with Gasteiger partial charge in [0.2, 0.25) is 5.91 Å². The van der Waals surface area contributed by atoms with Gasteiger partial charge in [-0.2, -0.15) is 0 Å². The van der Waals surface area contributed by atoms with Crippen molar-refractivity contribution in [3.8, 4) is 0 Å². The standard InChI is InChI=1S/C18H19BrFNOS/c1-11-5-4-6-12(2)17(11)21-18(22)13(3)23-10-14-7-8-15(19)9-16(14)20/h4-9,13H,10H2,1-3H3,(H,21,22). The summed E-state index contributed by atoms with van der Waals surface area (Å²) in [6, 6.07) is 10.9. The van der Waals surface area contributed by atoms with E-state index in [1.54, 1.807) is 12.1 Å². The van der Waals surface area contributed by atoms with Crippen LogP contribution in [-0.4, -0.2) is 11.2 Å². The minimum absolute atomic E-state index is 0.0649. The molecule has 1 amide bonds. The Hall–Kier alpha value is -1.33. The van der Waals surface area contributed by atoms with E-state index in [2.05, 4.69) is 21.2 Å². The van der Waals surface area contributed by atoms with Crippen LogP contribution in [0.1, 0.15) is 23.6 Å².